The van der Waals surface area contributed by atoms with Gasteiger partial charge in [0, 0.05) is 35.2 Å². The van der Waals surface area contributed by atoms with E-state index < -0.39 is 0 Å². The van der Waals surface area contributed by atoms with Gasteiger partial charge in [0.1, 0.15) is 5.69 Å². The summed E-state index contributed by atoms with van der Waals surface area (Å²) >= 11 is 5.86. The molecule has 5 heteroatoms. The number of pyridine rings is 1. The first-order valence-electron chi connectivity index (χ1n) is 6.97. The first-order chi connectivity index (χ1) is 9.76. The lowest BCUT2D eigenvalue weighted by molar-refractivity contribution is 0.422. The van der Waals surface area contributed by atoms with E-state index in [9.17, 15) is 0 Å². The smallest absolute Gasteiger partial charge is 0.178 e. The number of rotatable bonds is 3. The highest BCUT2D eigenvalue weighted by Crippen LogP contribution is 2.19. The van der Waals surface area contributed by atoms with Crippen LogP contribution in [0.4, 0.5) is 0 Å². The van der Waals surface area contributed by atoms with E-state index >= 15 is 0 Å². The van der Waals surface area contributed by atoms with Crippen LogP contribution in [-0.2, 0) is 6.54 Å². The van der Waals surface area contributed by atoms with Gasteiger partial charge in [-0.15, -0.1) is 0 Å². The molecule has 0 aliphatic rings. The second kappa shape index (κ2) is 6.08. The third kappa shape index (κ3) is 4.22. The van der Waals surface area contributed by atoms with Crippen LogP contribution >= 0.6 is 11.6 Å². The molecule has 0 amide bonds. The molecule has 21 heavy (non-hydrogen) atoms. The fourth-order valence-corrected chi connectivity index (χ4v) is 2.08. The van der Waals surface area contributed by atoms with Gasteiger partial charge in [-0.2, -0.15) is 0 Å². The Balaban J connectivity index is 2.30. The third-order valence-electron chi connectivity index (χ3n) is 3.17. The Morgan fingerprint density at radius 1 is 1.10 bits per heavy atom. The molecule has 0 aliphatic heterocycles. The van der Waals surface area contributed by atoms with Crippen molar-refractivity contribution in [2.75, 3.05) is 0 Å². The molecule has 1 N–H and O–H groups in total. The van der Waals surface area contributed by atoms with Crippen LogP contribution in [0.25, 0.3) is 11.5 Å². The standard InChI is InChI=1S/C16H21ClN4/c1-10-13(9-19-16(3,4)5)11(2)21-15(20-10)14-7-6-12(17)8-18-14/h6-8,19H,9H2,1-5H3. The SMILES string of the molecule is Cc1nc(-c2ccc(Cl)cn2)nc(C)c1CNC(C)(C)C. The fraction of sp³-hybridized carbons (Fsp3) is 0.438. The number of nitrogens with zero attached hydrogens (tertiary/aromatic N) is 3. The van der Waals surface area contributed by atoms with Crippen LogP contribution in [-0.4, -0.2) is 20.5 Å². The maximum Gasteiger partial charge on any atom is 0.178 e. The van der Waals surface area contributed by atoms with E-state index in [1.807, 2.05) is 19.9 Å². The van der Waals surface area contributed by atoms with Crippen molar-refractivity contribution in [1.82, 2.24) is 20.3 Å². The monoisotopic (exact) mass is 304 g/mol. The summed E-state index contributed by atoms with van der Waals surface area (Å²) in [7, 11) is 0. The molecule has 0 saturated heterocycles. The van der Waals surface area contributed by atoms with Gasteiger partial charge in [-0.3, -0.25) is 4.98 Å². The Hall–Kier alpha value is -1.52. The quantitative estimate of drug-likeness (QED) is 0.939. The van der Waals surface area contributed by atoms with Crippen molar-refractivity contribution in [1.29, 1.82) is 0 Å². The molecule has 4 nitrogen and oxygen atoms in total. The second-order valence-corrected chi connectivity index (χ2v) is 6.60. The normalized spacial score (nSPS) is 11.7. The zero-order valence-corrected chi connectivity index (χ0v) is 13.9. The van der Waals surface area contributed by atoms with Crippen molar-refractivity contribution in [3.8, 4) is 11.5 Å². The van der Waals surface area contributed by atoms with Crippen LogP contribution in [0.2, 0.25) is 5.02 Å². The van der Waals surface area contributed by atoms with Gasteiger partial charge >= 0.3 is 0 Å². The number of halogens is 1. The summed E-state index contributed by atoms with van der Waals surface area (Å²) in [6.45, 7) is 11.2. The molecule has 0 bridgehead atoms. The average molecular weight is 305 g/mol. The molecule has 2 aromatic heterocycles. The number of nitrogens with one attached hydrogen (secondary N) is 1. The van der Waals surface area contributed by atoms with Crippen molar-refractivity contribution < 1.29 is 0 Å². The van der Waals surface area contributed by atoms with E-state index in [0.29, 0.717) is 10.8 Å². The van der Waals surface area contributed by atoms with Crippen LogP contribution in [0.5, 0.6) is 0 Å². The van der Waals surface area contributed by atoms with Crippen LogP contribution in [0, 0.1) is 13.8 Å². The highest BCUT2D eigenvalue weighted by atomic mass is 35.5. The van der Waals surface area contributed by atoms with Crippen LogP contribution in [0.3, 0.4) is 0 Å². The van der Waals surface area contributed by atoms with E-state index in [-0.39, 0.29) is 5.54 Å². The largest absolute Gasteiger partial charge is 0.308 e. The van der Waals surface area contributed by atoms with Gasteiger partial charge in [0.2, 0.25) is 0 Å². The highest BCUT2D eigenvalue weighted by molar-refractivity contribution is 6.30. The van der Waals surface area contributed by atoms with Gasteiger partial charge in [-0.25, -0.2) is 9.97 Å². The number of hydrogen-bond donors (Lipinski definition) is 1. The van der Waals surface area contributed by atoms with Gasteiger partial charge in [-0.05, 0) is 46.8 Å². The van der Waals surface area contributed by atoms with Crippen LogP contribution < -0.4 is 5.32 Å². The number of aromatic nitrogens is 3. The van der Waals surface area contributed by atoms with Crippen molar-refractivity contribution in [3.05, 3.63) is 40.3 Å². The molecule has 0 unspecified atom stereocenters. The zero-order chi connectivity index (χ0) is 15.6. The molecule has 0 radical (unpaired) electrons. The molecule has 112 valence electrons. The molecule has 0 fully saturated rings. The summed E-state index contributed by atoms with van der Waals surface area (Å²) in [5.74, 6) is 0.640. The van der Waals surface area contributed by atoms with Crippen molar-refractivity contribution in [2.45, 2.75) is 46.7 Å². The predicted molar refractivity (Wildman–Crippen MR) is 86.3 cm³/mol. The first-order valence-corrected chi connectivity index (χ1v) is 7.35. The fourth-order valence-electron chi connectivity index (χ4n) is 1.97. The van der Waals surface area contributed by atoms with Gasteiger partial charge in [0.15, 0.2) is 5.82 Å². The van der Waals surface area contributed by atoms with E-state index in [1.54, 1.807) is 12.3 Å². The molecule has 0 aromatic carbocycles. The summed E-state index contributed by atoms with van der Waals surface area (Å²) in [5, 5.41) is 4.08. The van der Waals surface area contributed by atoms with Gasteiger partial charge in [-0.1, -0.05) is 11.6 Å². The van der Waals surface area contributed by atoms with Crippen molar-refractivity contribution in [2.24, 2.45) is 0 Å². The first kappa shape index (κ1) is 15.9. The topological polar surface area (TPSA) is 50.7 Å². The molecular weight excluding hydrogens is 284 g/mol. The molecule has 2 heterocycles. The maximum atomic E-state index is 5.86. The molecule has 0 saturated carbocycles. The third-order valence-corrected chi connectivity index (χ3v) is 3.40. The Labute approximate surface area is 131 Å². The zero-order valence-electron chi connectivity index (χ0n) is 13.2. The van der Waals surface area contributed by atoms with E-state index in [0.717, 1.165) is 29.2 Å². The molecule has 0 atom stereocenters. The highest BCUT2D eigenvalue weighted by Gasteiger charge is 2.14. The molecule has 2 aromatic rings. The Morgan fingerprint density at radius 2 is 1.71 bits per heavy atom. The minimum absolute atomic E-state index is 0.0648. The Morgan fingerprint density at radius 3 is 2.19 bits per heavy atom. The minimum Gasteiger partial charge on any atom is -0.308 e. The van der Waals surface area contributed by atoms with Gasteiger partial charge in [0.25, 0.3) is 0 Å². The molecule has 0 aliphatic carbocycles. The Kier molecular flexibility index (Phi) is 4.59. The van der Waals surface area contributed by atoms with Crippen LogP contribution in [0.1, 0.15) is 37.7 Å². The second-order valence-electron chi connectivity index (χ2n) is 6.16. The van der Waals surface area contributed by atoms with E-state index in [2.05, 4.69) is 41.0 Å². The molecular formula is C16H21ClN4. The summed E-state index contributed by atoms with van der Waals surface area (Å²) in [6.07, 6.45) is 1.61. The summed E-state index contributed by atoms with van der Waals surface area (Å²) in [4.78, 5) is 13.4. The van der Waals surface area contributed by atoms with Gasteiger partial charge < -0.3 is 5.32 Å². The van der Waals surface area contributed by atoms with Gasteiger partial charge in [0.05, 0.1) is 5.02 Å². The lowest BCUT2D eigenvalue weighted by atomic mass is 10.1. The van der Waals surface area contributed by atoms with Crippen molar-refractivity contribution >= 4 is 11.6 Å². The summed E-state index contributed by atoms with van der Waals surface area (Å²) in [5.41, 5.74) is 3.90. The Bertz CT molecular complexity index is 607. The maximum absolute atomic E-state index is 5.86. The lowest BCUT2D eigenvalue weighted by Gasteiger charge is -2.22. The molecule has 0 spiro atoms. The predicted octanol–water partition coefficient (Wildman–Crippen LogP) is 3.70. The summed E-state index contributed by atoms with van der Waals surface area (Å²) < 4.78 is 0. The van der Waals surface area contributed by atoms with E-state index in [4.69, 9.17) is 11.6 Å². The van der Waals surface area contributed by atoms with Crippen LogP contribution in [0.15, 0.2) is 18.3 Å². The number of hydrogen-bond acceptors (Lipinski definition) is 4. The average Bonchev–Trinajstić information content (AvgIpc) is 2.37. The summed E-state index contributed by atoms with van der Waals surface area (Å²) in [6, 6.07) is 3.64. The minimum atomic E-state index is 0.0648. The molecule has 2 rings (SSSR count). The van der Waals surface area contributed by atoms with Crippen molar-refractivity contribution in [3.63, 3.8) is 0 Å². The van der Waals surface area contributed by atoms with E-state index in [1.165, 1.54) is 0 Å². The number of aryl methyl sites for hydroxylation is 2. The lowest BCUT2D eigenvalue weighted by Crippen LogP contribution is -2.35.